The maximum Gasteiger partial charge on any atom is 0.224 e. The smallest absolute Gasteiger partial charge is 0.224 e. The van der Waals surface area contributed by atoms with E-state index in [1.165, 1.54) is 0 Å². The zero-order chi connectivity index (χ0) is 14.4. The van der Waals surface area contributed by atoms with E-state index in [-0.39, 0.29) is 11.9 Å². The third kappa shape index (κ3) is 3.70. The van der Waals surface area contributed by atoms with Gasteiger partial charge < -0.3 is 5.32 Å². The number of carbonyl (C=O) groups is 1. The molecular formula is C18H21NO. The van der Waals surface area contributed by atoms with Gasteiger partial charge in [0.15, 0.2) is 0 Å². The number of rotatable bonds is 5. The van der Waals surface area contributed by atoms with Crippen LogP contribution in [0.15, 0.2) is 54.6 Å². The van der Waals surface area contributed by atoms with E-state index >= 15 is 0 Å². The van der Waals surface area contributed by atoms with Crippen LogP contribution >= 0.6 is 0 Å². The molecule has 2 nitrogen and oxygen atoms in total. The molecule has 0 heterocycles. The monoisotopic (exact) mass is 267 g/mol. The molecule has 20 heavy (non-hydrogen) atoms. The number of nitrogens with one attached hydrogen (secondary N) is 1. The van der Waals surface area contributed by atoms with Crippen LogP contribution in [0.25, 0.3) is 0 Å². The van der Waals surface area contributed by atoms with Crippen LogP contribution in [0.4, 0.5) is 0 Å². The SMILES string of the molecule is CC[C@H](NC(=O)Cc1ccccc1C)c1ccccc1. The highest BCUT2D eigenvalue weighted by Gasteiger charge is 2.13. The third-order valence-electron chi connectivity index (χ3n) is 3.56. The molecule has 1 N–H and O–H groups in total. The summed E-state index contributed by atoms with van der Waals surface area (Å²) >= 11 is 0. The van der Waals surface area contributed by atoms with Gasteiger partial charge in [0.2, 0.25) is 5.91 Å². The van der Waals surface area contributed by atoms with E-state index in [9.17, 15) is 4.79 Å². The van der Waals surface area contributed by atoms with Crippen LogP contribution in [-0.2, 0) is 11.2 Å². The van der Waals surface area contributed by atoms with Crippen molar-refractivity contribution in [1.82, 2.24) is 5.32 Å². The van der Waals surface area contributed by atoms with Gasteiger partial charge in [-0.25, -0.2) is 0 Å². The topological polar surface area (TPSA) is 29.1 Å². The van der Waals surface area contributed by atoms with Crippen molar-refractivity contribution in [3.63, 3.8) is 0 Å². The van der Waals surface area contributed by atoms with Gasteiger partial charge in [0.25, 0.3) is 0 Å². The lowest BCUT2D eigenvalue weighted by Gasteiger charge is -2.17. The first kappa shape index (κ1) is 14.3. The molecule has 2 rings (SSSR count). The second-order valence-electron chi connectivity index (χ2n) is 5.04. The third-order valence-corrected chi connectivity index (χ3v) is 3.56. The average Bonchev–Trinajstić information content (AvgIpc) is 2.48. The van der Waals surface area contributed by atoms with Crippen LogP contribution in [0.5, 0.6) is 0 Å². The highest BCUT2D eigenvalue weighted by molar-refractivity contribution is 5.79. The highest BCUT2D eigenvalue weighted by Crippen LogP contribution is 2.16. The Labute approximate surface area is 120 Å². The molecule has 1 amide bonds. The summed E-state index contributed by atoms with van der Waals surface area (Å²) in [6.45, 7) is 4.13. The Morgan fingerprint density at radius 3 is 2.35 bits per heavy atom. The Kier molecular flexibility index (Phi) is 4.94. The molecule has 0 bridgehead atoms. The van der Waals surface area contributed by atoms with E-state index < -0.39 is 0 Å². The van der Waals surface area contributed by atoms with Crippen molar-refractivity contribution in [2.75, 3.05) is 0 Å². The van der Waals surface area contributed by atoms with Gasteiger partial charge in [0, 0.05) is 0 Å². The molecule has 0 fully saturated rings. The molecule has 0 saturated heterocycles. The first-order chi connectivity index (χ1) is 9.70. The fraction of sp³-hybridized carbons (Fsp3) is 0.278. The molecular weight excluding hydrogens is 246 g/mol. The second kappa shape index (κ2) is 6.90. The van der Waals surface area contributed by atoms with E-state index in [1.54, 1.807) is 0 Å². The zero-order valence-electron chi connectivity index (χ0n) is 12.1. The van der Waals surface area contributed by atoms with E-state index in [2.05, 4.69) is 24.4 Å². The summed E-state index contributed by atoms with van der Waals surface area (Å²) in [4.78, 5) is 12.2. The molecule has 0 aliphatic carbocycles. The molecule has 2 aromatic rings. The number of amides is 1. The molecule has 0 spiro atoms. The van der Waals surface area contributed by atoms with Crippen molar-refractivity contribution >= 4 is 5.91 Å². The Morgan fingerprint density at radius 2 is 1.70 bits per heavy atom. The fourth-order valence-electron chi connectivity index (χ4n) is 2.33. The van der Waals surface area contributed by atoms with Crippen LogP contribution in [0.2, 0.25) is 0 Å². The second-order valence-corrected chi connectivity index (χ2v) is 5.04. The Morgan fingerprint density at radius 1 is 1.05 bits per heavy atom. The summed E-state index contributed by atoms with van der Waals surface area (Å²) in [7, 11) is 0. The minimum absolute atomic E-state index is 0.0787. The van der Waals surface area contributed by atoms with E-state index in [0.717, 1.165) is 23.1 Å². The summed E-state index contributed by atoms with van der Waals surface area (Å²) < 4.78 is 0. The van der Waals surface area contributed by atoms with Crippen LogP contribution < -0.4 is 5.32 Å². The van der Waals surface area contributed by atoms with Gasteiger partial charge in [-0.1, -0.05) is 61.5 Å². The maximum absolute atomic E-state index is 12.2. The van der Waals surface area contributed by atoms with Crippen molar-refractivity contribution in [2.24, 2.45) is 0 Å². The summed E-state index contributed by atoms with van der Waals surface area (Å²) in [5.41, 5.74) is 3.41. The van der Waals surface area contributed by atoms with E-state index in [1.807, 2.05) is 49.4 Å². The lowest BCUT2D eigenvalue weighted by Crippen LogP contribution is -2.29. The Bertz CT molecular complexity index is 563. The lowest BCUT2D eigenvalue weighted by molar-refractivity contribution is -0.121. The molecule has 104 valence electrons. The quantitative estimate of drug-likeness (QED) is 0.877. The normalized spacial score (nSPS) is 11.9. The Balaban J connectivity index is 2.02. The first-order valence-electron chi connectivity index (χ1n) is 7.09. The minimum Gasteiger partial charge on any atom is -0.349 e. The van der Waals surface area contributed by atoms with Gasteiger partial charge in [-0.3, -0.25) is 4.79 Å². The standard InChI is InChI=1S/C18H21NO/c1-3-17(15-10-5-4-6-11-15)19-18(20)13-16-12-8-7-9-14(16)2/h4-12,17H,3,13H2,1-2H3,(H,19,20)/t17-/m0/s1. The van der Waals surface area contributed by atoms with Gasteiger partial charge in [0.1, 0.15) is 0 Å². The molecule has 0 aliphatic rings. The number of hydrogen-bond donors (Lipinski definition) is 1. The molecule has 1 atom stereocenters. The number of hydrogen-bond acceptors (Lipinski definition) is 1. The molecule has 0 saturated carbocycles. The minimum atomic E-state index is 0.0787. The van der Waals surface area contributed by atoms with Crippen LogP contribution in [0.1, 0.15) is 36.1 Å². The van der Waals surface area contributed by atoms with Gasteiger partial charge in [0.05, 0.1) is 12.5 Å². The molecule has 0 aliphatic heterocycles. The highest BCUT2D eigenvalue weighted by atomic mass is 16.1. The lowest BCUT2D eigenvalue weighted by atomic mass is 10.0. The number of aryl methyl sites for hydroxylation is 1. The fourth-order valence-corrected chi connectivity index (χ4v) is 2.33. The van der Waals surface area contributed by atoms with E-state index in [0.29, 0.717) is 6.42 Å². The van der Waals surface area contributed by atoms with Gasteiger partial charge >= 0.3 is 0 Å². The van der Waals surface area contributed by atoms with E-state index in [4.69, 9.17) is 0 Å². The molecule has 2 aromatic carbocycles. The number of carbonyl (C=O) groups excluding carboxylic acids is 1. The van der Waals surface area contributed by atoms with Crippen LogP contribution in [0, 0.1) is 6.92 Å². The first-order valence-corrected chi connectivity index (χ1v) is 7.09. The van der Waals surface area contributed by atoms with Crippen molar-refractivity contribution < 1.29 is 4.79 Å². The predicted octanol–water partition coefficient (Wildman–Crippen LogP) is 3.81. The molecule has 0 unspecified atom stereocenters. The summed E-state index contributed by atoms with van der Waals surface area (Å²) in [5, 5.41) is 3.12. The molecule has 0 aromatic heterocycles. The zero-order valence-corrected chi connectivity index (χ0v) is 12.1. The van der Waals surface area contributed by atoms with Gasteiger partial charge in [-0.15, -0.1) is 0 Å². The Hall–Kier alpha value is -2.09. The number of benzene rings is 2. The maximum atomic E-state index is 12.2. The van der Waals surface area contributed by atoms with Crippen LogP contribution in [-0.4, -0.2) is 5.91 Å². The van der Waals surface area contributed by atoms with Gasteiger partial charge in [-0.05, 0) is 30.0 Å². The molecule has 2 heteroatoms. The van der Waals surface area contributed by atoms with Crippen molar-refractivity contribution in [2.45, 2.75) is 32.7 Å². The van der Waals surface area contributed by atoms with Crippen molar-refractivity contribution in [1.29, 1.82) is 0 Å². The summed E-state index contributed by atoms with van der Waals surface area (Å²) in [6.07, 6.45) is 1.33. The van der Waals surface area contributed by atoms with Crippen molar-refractivity contribution in [3.05, 3.63) is 71.3 Å². The predicted molar refractivity (Wildman–Crippen MR) is 82.5 cm³/mol. The molecule has 0 radical (unpaired) electrons. The summed E-state index contributed by atoms with van der Waals surface area (Å²) in [6, 6.07) is 18.2. The largest absolute Gasteiger partial charge is 0.349 e. The van der Waals surface area contributed by atoms with Gasteiger partial charge in [-0.2, -0.15) is 0 Å². The summed E-state index contributed by atoms with van der Waals surface area (Å²) in [5.74, 6) is 0.0787. The van der Waals surface area contributed by atoms with Crippen molar-refractivity contribution in [3.8, 4) is 0 Å². The average molecular weight is 267 g/mol. The van der Waals surface area contributed by atoms with Crippen LogP contribution in [0.3, 0.4) is 0 Å².